The van der Waals surface area contributed by atoms with Crippen molar-refractivity contribution in [1.29, 1.82) is 10.5 Å². The van der Waals surface area contributed by atoms with Crippen molar-refractivity contribution >= 4 is 56.1 Å². The number of carboxylic acids is 2. The summed E-state index contributed by atoms with van der Waals surface area (Å²) in [6.45, 7) is -1.40. The summed E-state index contributed by atoms with van der Waals surface area (Å²) in [5.74, 6) is -2.06. The van der Waals surface area contributed by atoms with E-state index in [4.69, 9.17) is 9.47 Å². The van der Waals surface area contributed by atoms with Gasteiger partial charge < -0.3 is 24.0 Å². The summed E-state index contributed by atoms with van der Waals surface area (Å²) in [7, 11) is -1.76. The van der Waals surface area contributed by atoms with Crippen molar-refractivity contribution in [2.75, 3.05) is 35.9 Å². The number of ether oxygens (including phenoxy) is 2. The predicted octanol–water partition coefficient (Wildman–Crippen LogP) is 4.48. The Morgan fingerprint density at radius 3 is 1.91 bits per heavy atom. The Labute approximate surface area is 257 Å². The Kier molecular flexibility index (Phi) is 9.48. The lowest BCUT2D eigenvalue weighted by molar-refractivity contribution is -0.136. The number of carbonyl (C=O) groups is 2. The molecule has 0 radical (unpaired) electrons. The molecule has 0 aliphatic rings. The fraction of sp³-hybridized carbons (Fsp3) is 0.133. The lowest BCUT2D eigenvalue weighted by Crippen LogP contribution is -2.36. The maximum atomic E-state index is 13.9. The van der Waals surface area contributed by atoms with Gasteiger partial charge in [-0.1, -0.05) is 24.3 Å². The molecule has 0 aliphatic carbocycles. The average Bonchev–Trinajstić information content (AvgIpc) is 3.02. The molecule has 0 fully saturated rings. The fourth-order valence-electron chi connectivity index (χ4n) is 4.43. The molecule has 0 aromatic heterocycles. The molecule has 0 heterocycles. The number of sulfonamides is 1. The highest BCUT2D eigenvalue weighted by molar-refractivity contribution is 8.00. The molecule has 0 unspecified atom stereocenters. The molecule has 4 rings (SSSR count). The van der Waals surface area contributed by atoms with Crippen LogP contribution in [0.2, 0.25) is 0 Å². The number of fused-ring (bicyclic) bond motifs is 1. The van der Waals surface area contributed by atoms with Crippen molar-refractivity contribution in [3.05, 3.63) is 83.9 Å². The first-order chi connectivity index (χ1) is 21.0. The smallest absolute Gasteiger partial charge is 0.324 e. The summed E-state index contributed by atoms with van der Waals surface area (Å²) < 4.78 is 40.3. The molecule has 2 N–H and O–H groups in total. The molecule has 0 saturated heterocycles. The fourth-order valence-corrected chi connectivity index (χ4v) is 6.88. The van der Waals surface area contributed by atoms with Crippen molar-refractivity contribution in [2.24, 2.45) is 0 Å². The van der Waals surface area contributed by atoms with Gasteiger partial charge in [0.2, 0.25) is 0 Å². The van der Waals surface area contributed by atoms with Crippen LogP contribution >= 0.6 is 11.9 Å². The van der Waals surface area contributed by atoms with Gasteiger partial charge in [-0.15, -0.1) is 0 Å². The van der Waals surface area contributed by atoms with Gasteiger partial charge in [-0.05, 0) is 60.5 Å². The van der Waals surface area contributed by atoms with Crippen LogP contribution in [0.3, 0.4) is 0 Å². The minimum absolute atomic E-state index is 0.0255. The second-order valence-corrected chi connectivity index (χ2v) is 12.0. The van der Waals surface area contributed by atoms with Gasteiger partial charge in [-0.2, -0.15) is 10.5 Å². The van der Waals surface area contributed by atoms with Crippen molar-refractivity contribution in [2.45, 2.75) is 9.79 Å². The molecule has 224 valence electrons. The number of nitriles is 2. The van der Waals surface area contributed by atoms with Gasteiger partial charge in [0.15, 0.2) is 0 Å². The standard InChI is InChI=1S/C30H24N4O8S2/c1-41-27-11-7-21(13-19(27)15-31)43-33(17-29(35)36)25-9-10-26(24-6-4-3-5-23(24)25)34(18-30(37)38)44(39,40)22-8-12-28(42-2)20(14-22)16-32/h3-14H,17-18H2,1-2H3,(H,35,36)(H,37,38). The summed E-state index contributed by atoms with van der Waals surface area (Å²) >= 11 is 1.05. The third-order valence-corrected chi connectivity index (χ3v) is 9.13. The molecule has 0 aliphatic heterocycles. The number of nitrogens with zero attached hydrogens (tertiary/aromatic N) is 4. The minimum atomic E-state index is -4.52. The van der Waals surface area contributed by atoms with E-state index in [1.807, 2.05) is 12.1 Å². The Morgan fingerprint density at radius 2 is 1.34 bits per heavy atom. The van der Waals surface area contributed by atoms with Gasteiger partial charge in [-0.25, -0.2) is 8.42 Å². The molecule has 44 heavy (non-hydrogen) atoms. The number of anilines is 2. The van der Waals surface area contributed by atoms with Crippen LogP contribution in [-0.2, 0) is 19.6 Å². The summed E-state index contributed by atoms with van der Waals surface area (Å²) in [4.78, 5) is 24.1. The first-order valence-corrected chi connectivity index (χ1v) is 14.8. The van der Waals surface area contributed by atoms with Gasteiger partial charge in [-0.3, -0.25) is 13.9 Å². The van der Waals surface area contributed by atoms with E-state index in [0.29, 0.717) is 27.1 Å². The summed E-state index contributed by atoms with van der Waals surface area (Å²) in [5.41, 5.74) is 0.622. The van der Waals surface area contributed by atoms with Crippen LogP contribution < -0.4 is 18.1 Å². The van der Waals surface area contributed by atoms with E-state index in [1.165, 1.54) is 42.8 Å². The van der Waals surface area contributed by atoms with Crippen molar-refractivity contribution in [3.63, 3.8) is 0 Å². The van der Waals surface area contributed by atoms with E-state index in [9.17, 15) is 38.7 Å². The van der Waals surface area contributed by atoms with Crippen molar-refractivity contribution in [3.8, 4) is 23.6 Å². The highest BCUT2D eigenvalue weighted by atomic mass is 32.2. The Balaban J connectivity index is 1.87. The molecule has 0 amide bonds. The third-order valence-electron chi connectivity index (χ3n) is 6.36. The Hall–Kier alpha value is -5.44. The summed E-state index contributed by atoms with van der Waals surface area (Å²) in [6, 6.07) is 21.8. The largest absolute Gasteiger partial charge is 0.495 e. The topological polar surface area (TPSA) is 181 Å². The second-order valence-electron chi connectivity index (χ2n) is 9.02. The highest BCUT2D eigenvalue weighted by Crippen LogP contribution is 2.40. The molecule has 0 spiro atoms. The number of rotatable bonds is 12. The van der Waals surface area contributed by atoms with E-state index in [-0.39, 0.29) is 27.5 Å². The number of carboxylic acid groups (broad SMARTS) is 2. The quantitative estimate of drug-likeness (QED) is 0.209. The Bertz CT molecular complexity index is 1950. The molecule has 4 aromatic rings. The average molecular weight is 633 g/mol. The van der Waals surface area contributed by atoms with Crippen molar-refractivity contribution < 1.29 is 37.7 Å². The zero-order chi connectivity index (χ0) is 32.0. The normalized spacial score (nSPS) is 10.8. The van der Waals surface area contributed by atoms with Gasteiger partial charge in [0, 0.05) is 15.7 Å². The van der Waals surface area contributed by atoms with Crippen LogP contribution in [-0.4, -0.2) is 57.9 Å². The lowest BCUT2D eigenvalue weighted by atomic mass is 10.1. The minimum Gasteiger partial charge on any atom is -0.495 e. The number of benzene rings is 4. The van der Waals surface area contributed by atoms with Gasteiger partial charge in [0.1, 0.15) is 36.7 Å². The number of methoxy groups -OCH3 is 2. The lowest BCUT2D eigenvalue weighted by Gasteiger charge is -2.27. The molecular weight excluding hydrogens is 608 g/mol. The number of aliphatic carboxylic acids is 2. The van der Waals surface area contributed by atoms with Gasteiger partial charge in [0.25, 0.3) is 10.0 Å². The first kappa shape index (κ1) is 31.5. The van der Waals surface area contributed by atoms with E-state index in [2.05, 4.69) is 0 Å². The second kappa shape index (κ2) is 13.2. The van der Waals surface area contributed by atoms with Crippen LogP contribution in [0.25, 0.3) is 10.8 Å². The van der Waals surface area contributed by atoms with Crippen LogP contribution in [0.1, 0.15) is 11.1 Å². The monoisotopic (exact) mass is 632 g/mol. The highest BCUT2D eigenvalue weighted by Gasteiger charge is 2.30. The predicted molar refractivity (Wildman–Crippen MR) is 162 cm³/mol. The third kappa shape index (κ3) is 6.47. The van der Waals surface area contributed by atoms with Crippen LogP contribution in [0.5, 0.6) is 11.5 Å². The maximum absolute atomic E-state index is 13.9. The number of hydrogen-bond donors (Lipinski definition) is 2. The van der Waals surface area contributed by atoms with E-state index in [0.717, 1.165) is 22.3 Å². The zero-order valence-corrected chi connectivity index (χ0v) is 24.9. The Morgan fingerprint density at radius 1 is 0.795 bits per heavy atom. The molecule has 4 aromatic carbocycles. The number of hydrogen-bond acceptors (Lipinski definition) is 10. The molecule has 0 bridgehead atoms. The first-order valence-electron chi connectivity index (χ1n) is 12.6. The SMILES string of the molecule is COc1ccc(SN(CC(=O)O)c2ccc(N(CC(=O)O)S(=O)(=O)c3ccc(OC)c(C#N)c3)c3ccccc23)cc1C#N. The van der Waals surface area contributed by atoms with Gasteiger partial charge in [0.05, 0.1) is 41.6 Å². The van der Waals surface area contributed by atoms with E-state index >= 15 is 0 Å². The van der Waals surface area contributed by atoms with E-state index in [1.54, 1.807) is 42.5 Å². The maximum Gasteiger partial charge on any atom is 0.324 e. The van der Waals surface area contributed by atoms with Crippen LogP contribution in [0.15, 0.2) is 82.6 Å². The molecular formula is C30H24N4O8S2. The molecule has 0 saturated carbocycles. The summed E-state index contributed by atoms with van der Waals surface area (Å²) in [6.07, 6.45) is 0. The molecule has 14 heteroatoms. The zero-order valence-electron chi connectivity index (χ0n) is 23.3. The van der Waals surface area contributed by atoms with Crippen LogP contribution in [0.4, 0.5) is 11.4 Å². The van der Waals surface area contributed by atoms with Gasteiger partial charge >= 0.3 is 11.9 Å². The van der Waals surface area contributed by atoms with Crippen LogP contribution in [0, 0.1) is 22.7 Å². The molecule has 12 nitrogen and oxygen atoms in total. The van der Waals surface area contributed by atoms with Crippen molar-refractivity contribution in [1.82, 2.24) is 0 Å². The summed E-state index contributed by atoms with van der Waals surface area (Å²) in [5, 5.41) is 39.2. The van der Waals surface area contributed by atoms with E-state index < -0.39 is 35.1 Å². The molecule has 0 atom stereocenters.